The molecule has 2 aromatic heterocycles. The van der Waals surface area contributed by atoms with E-state index in [1.54, 1.807) is 11.3 Å². The highest BCUT2D eigenvalue weighted by molar-refractivity contribution is 7.14. The lowest BCUT2D eigenvalue weighted by molar-refractivity contribution is 0.555. The Kier molecular flexibility index (Phi) is 2.45. The van der Waals surface area contributed by atoms with Crippen molar-refractivity contribution in [3.63, 3.8) is 0 Å². The number of oxazole rings is 1. The summed E-state index contributed by atoms with van der Waals surface area (Å²) in [4.78, 5) is 20.2. The second-order valence-electron chi connectivity index (χ2n) is 4.14. The van der Waals surface area contributed by atoms with Gasteiger partial charge in [0.1, 0.15) is 0 Å². The molecule has 0 amide bonds. The normalized spacial score (nSPS) is 11.0. The highest BCUT2D eigenvalue weighted by Gasteiger charge is 2.08. The van der Waals surface area contributed by atoms with Gasteiger partial charge in [0.15, 0.2) is 10.7 Å². The van der Waals surface area contributed by atoms with Gasteiger partial charge in [0.2, 0.25) is 0 Å². The molecule has 18 heavy (non-hydrogen) atoms. The number of benzene rings is 1. The molecule has 0 saturated heterocycles. The van der Waals surface area contributed by atoms with Crippen molar-refractivity contribution in [1.29, 1.82) is 0 Å². The zero-order valence-corrected chi connectivity index (χ0v) is 10.7. The highest BCUT2D eigenvalue weighted by atomic mass is 32.1. The molecule has 0 atom stereocenters. The number of hydrogen-bond donors (Lipinski definition) is 1. The van der Waals surface area contributed by atoms with Crippen LogP contribution in [-0.4, -0.2) is 24.1 Å². The molecule has 0 unspecified atom stereocenters. The van der Waals surface area contributed by atoms with Crippen LogP contribution in [0.3, 0.4) is 0 Å². The van der Waals surface area contributed by atoms with E-state index in [1.807, 2.05) is 42.6 Å². The van der Waals surface area contributed by atoms with Crippen LogP contribution in [0, 0.1) is 0 Å². The van der Waals surface area contributed by atoms with Gasteiger partial charge in [-0.25, -0.2) is 9.78 Å². The van der Waals surface area contributed by atoms with Crippen LogP contribution in [0.2, 0.25) is 0 Å². The van der Waals surface area contributed by atoms with Crippen molar-refractivity contribution in [2.45, 2.75) is 0 Å². The van der Waals surface area contributed by atoms with Crippen LogP contribution in [0.4, 0.5) is 5.13 Å². The molecule has 0 spiro atoms. The van der Waals surface area contributed by atoms with Crippen LogP contribution >= 0.6 is 11.3 Å². The fourth-order valence-electron chi connectivity index (χ4n) is 1.71. The first-order valence-corrected chi connectivity index (χ1v) is 6.27. The summed E-state index contributed by atoms with van der Waals surface area (Å²) in [6, 6.07) is 5.56. The molecule has 0 radical (unpaired) electrons. The summed E-state index contributed by atoms with van der Waals surface area (Å²) in [6.07, 6.45) is 0. The third-order valence-corrected chi connectivity index (χ3v) is 3.60. The Morgan fingerprint density at radius 2 is 2.22 bits per heavy atom. The third-order valence-electron chi connectivity index (χ3n) is 2.59. The van der Waals surface area contributed by atoms with E-state index in [-0.39, 0.29) is 0 Å². The molecule has 0 aliphatic carbocycles. The minimum Gasteiger partial charge on any atom is -0.408 e. The van der Waals surface area contributed by atoms with Crippen LogP contribution < -0.4 is 10.7 Å². The first kappa shape index (κ1) is 11.0. The molecule has 3 rings (SSSR count). The first-order chi connectivity index (χ1) is 8.63. The Balaban J connectivity index is 2.09. The zero-order chi connectivity index (χ0) is 12.7. The number of nitrogens with zero attached hydrogens (tertiary/aromatic N) is 2. The fraction of sp³-hybridized carbons (Fsp3) is 0.167. The Labute approximate surface area is 107 Å². The summed E-state index contributed by atoms with van der Waals surface area (Å²) in [5.41, 5.74) is 3.08. The van der Waals surface area contributed by atoms with Crippen molar-refractivity contribution in [3.8, 4) is 11.3 Å². The van der Waals surface area contributed by atoms with Crippen LogP contribution in [0.25, 0.3) is 22.4 Å². The van der Waals surface area contributed by atoms with E-state index in [1.165, 1.54) is 0 Å². The maximum absolute atomic E-state index is 11.1. The Bertz CT molecular complexity index is 754. The van der Waals surface area contributed by atoms with Crippen LogP contribution in [-0.2, 0) is 0 Å². The number of aromatic nitrogens is 2. The Hall–Kier alpha value is -2.08. The first-order valence-electron chi connectivity index (χ1n) is 5.39. The molecule has 3 aromatic rings. The van der Waals surface area contributed by atoms with Gasteiger partial charge in [-0.2, -0.15) is 0 Å². The lowest BCUT2D eigenvalue weighted by Gasteiger charge is -2.05. The minimum atomic E-state index is -0.436. The smallest absolute Gasteiger partial charge is 0.408 e. The number of anilines is 1. The molecule has 0 aliphatic heterocycles. The van der Waals surface area contributed by atoms with Gasteiger partial charge in [-0.05, 0) is 12.1 Å². The van der Waals surface area contributed by atoms with Crippen LogP contribution in [0.1, 0.15) is 0 Å². The SMILES string of the molecule is CN(C)c1nc(-c2ccc3[nH]c(=O)oc3c2)cs1. The van der Waals surface area contributed by atoms with Crippen molar-refractivity contribution in [3.05, 3.63) is 34.1 Å². The summed E-state index contributed by atoms with van der Waals surface area (Å²) >= 11 is 1.58. The molecule has 6 heteroatoms. The topological polar surface area (TPSA) is 62.1 Å². The van der Waals surface area contributed by atoms with Gasteiger partial charge < -0.3 is 9.32 Å². The molecule has 2 heterocycles. The molecule has 5 nitrogen and oxygen atoms in total. The zero-order valence-electron chi connectivity index (χ0n) is 9.93. The summed E-state index contributed by atoms with van der Waals surface area (Å²) in [5.74, 6) is -0.436. The second-order valence-corrected chi connectivity index (χ2v) is 4.97. The number of aromatic amines is 1. The maximum Gasteiger partial charge on any atom is 0.417 e. The molecule has 0 fully saturated rings. The molecule has 1 N–H and O–H groups in total. The van der Waals surface area contributed by atoms with Crippen LogP contribution in [0.5, 0.6) is 0 Å². The number of thiazole rings is 1. The Morgan fingerprint density at radius 1 is 1.39 bits per heavy atom. The molecule has 0 aliphatic rings. The van der Waals surface area contributed by atoms with Gasteiger partial charge >= 0.3 is 5.76 Å². The second kappa shape index (κ2) is 3.99. The average molecular weight is 261 g/mol. The highest BCUT2D eigenvalue weighted by Crippen LogP contribution is 2.27. The molecule has 1 aromatic carbocycles. The number of rotatable bonds is 2. The predicted molar refractivity (Wildman–Crippen MR) is 72.3 cm³/mol. The number of hydrogen-bond acceptors (Lipinski definition) is 5. The van der Waals surface area contributed by atoms with Gasteiger partial charge in [0.05, 0.1) is 11.2 Å². The van der Waals surface area contributed by atoms with Crippen molar-refractivity contribution in [2.24, 2.45) is 0 Å². The number of H-pyrrole nitrogens is 1. The van der Waals surface area contributed by atoms with Crippen molar-refractivity contribution in [1.82, 2.24) is 9.97 Å². The Morgan fingerprint density at radius 3 is 2.94 bits per heavy atom. The largest absolute Gasteiger partial charge is 0.417 e. The van der Waals surface area contributed by atoms with Crippen LogP contribution in [0.15, 0.2) is 32.8 Å². The standard InChI is InChI=1S/C12H11N3O2S/c1-15(2)11-13-9(6-18-11)7-3-4-8-10(5-7)17-12(16)14-8/h3-6H,1-2H3,(H,14,16). The quantitative estimate of drug-likeness (QED) is 0.769. The summed E-state index contributed by atoms with van der Waals surface area (Å²) < 4.78 is 5.04. The summed E-state index contributed by atoms with van der Waals surface area (Å²) in [7, 11) is 3.91. The van der Waals surface area contributed by atoms with E-state index in [4.69, 9.17) is 4.42 Å². The predicted octanol–water partition coefficient (Wildman–Crippen LogP) is 2.31. The van der Waals surface area contributed by atoms with E-state index in [9.17, 15) is 4.79 Å². The molecular formula is C12H11N3O2S. The molecule has 0 bridgehead atoms. The lowest BCUT2D eigenvalue weighted by Crippen LogP contribution is -2.07. The van der Waals surface area contributed by atoms with Crippen molar-refractivity contribution >= 4 is 27.6 Å². The fourth-order valence-corrected chi connectivity index (χ4v) is 2.47. The number of nitrogens with one attached hydrogen (secondary N) is 1. The average Bonchev–Trinajstić information content (AvgIpc) is 2.91. The van der Waals surface area contributed by atoms with Crippen molar-refractivity contribution in [2.75, 3.05) is 19.0 Å². The van der Waals surface area contributed by atoms with Gasteiger partial charge in [-0.1, -0.05) is 6.07 Å². The molecule has 92 valence electrons. The van der Waals surface area contributed by atoms with Gasteiger partial charge in [0, 0.05) is 25.0 Å². The van der Waals surface area contributed by atoms with Gasteiger partial charge in [-0.15, -0.1) is 11.3 Å². The summed E-state index contributed by atoms with van der Waals surface area (Å²) in [6.45, 7) is 0. The van der Waals surface area contributed by atoms with E-state index < -0.39 is 5.76 Å². The number of fused-ring (bicyclic) bond motifs is 1. The summed E-state index contributed by atoms with van der Waals surface area (Å²) in [5, 5.41) is 2.93. The monoisotopic (exact) mass is 261 g/mol. The van der Waals surface area contributed by atoms with Crippen molar-refractivity contribution < 1.29 is 4.42 Å². The van der Waals surface area contributed by atoms with Gasteiger partial charge in [0.25, 0.3) is 0 Å². The minimum absolute atomic E-state index is 0.436. The van der Waals surface area contributed by atoms with E-state index in [0.29, 0.717) is 11.1 Å². The van der Waals surface area contributed by atoms with E-state index in [2.05, 4.69) is 9.97 Å². The van der Waals surface area contributed by atoms with E-state index in [0.717, 1.165) is 16.4 Å². The lowest BCUT2D eigenvalue weighted by atomic mass is 10.1. The third kappa shape index (κ3) is 1.80. The van der Waals surface area contributed by atoms with Gasteiger partial charge in [-0.3, -0.25) is 4.98 Å². The molecule has 0 saturated carbocycles. The maximum atomic E-state index is 11.1. The van der Waals surface area contributed by atoms with E-state index >= 15 is 0 Å². The molecular weight excluding hydrogens is 250 g/mol.